The van der Waals surface area contributed by atoms with Crippen molar-refractivity contribution in [3.8, 4) is 10.9 Å². The van der Waals surface area contributed by atoms with Crippen LogP contribution in [0.5, 0.6) is 10.9 Å². The lowest BCUT2D eigenvalue weighted by Crippen LogP contribution is -2.14. The summed E-state index contributed by atoms with van der Waals surface area (Å²) in [5.74, 6) is 1.51. The molecule has 3 rings (SSSR count). The first-order valence-corrected chi connectivity index (χ1v) is 10.2. The van der Waals surface area contributed by atoms with Crippen molar-refractivity contribution in [2.75, 3.05) is 13.6 Å². The molecule has 0 N–H and O–H groups in total. The highest BCUT2D eigenvalue weighted by Crippen LogP contribution is 2.32. The molecule has 1 aromatic heterocycles. The van der Waals surface area contributed by atoms with Gasteiger partial charge in [0.25, 0.3) is 5.19 Å². The lowest BCUT2D eigenvalue weighted by Gasteiger charge is -2.11. The molecule has 0 spiro atoms. The number of ether oxygens (including phenoxy) is 1. The first kappa shape index (κ1) is 20.3. The van der Waals surface area contributed by atoms with E-state index in [0.29, 0.717) is 11.6 Å². The predicted molar refractivity (Wildman–Crippen MR) is 117 cm³/mol. The summed E-state index contributed by atoms with van der Waals surface area (Å²) < 4.78 is 10.4. The molecule has 0 bridgehead atoms. The van der Waals surface area contributed by atoms with Gasteiger partial charge in [0, 0.05) is 36.6 Å². The van der Waals surface area contributed by atoms with Gasteiger partial charge in [0.05, 0.1) is 12.0 Å². The van der Waals surface area contributed by atoms with Crippen LogP contribution in [0.1, 0.15) is 29.4 Å². The molecular formula is C21H23ClN4OS. The molecular weight excluding hydrogens is 392 g/mol. The van der Waals surface area contributed by atoms with Gasteiger partial charge < -0.3 is 9.64 Å². The zero-order valence-electron chi connectivity index (χ0n) is 16.4. The Labute approximate surface area is 174 Å². The fourth-order valence-corrected chi connectivity index (χ4v) is 3.18. The van der Waals surface area contributed by atoms with Crippen LogP contribution in [0.25, 0.3) is 0 Å². The van der Waals surface area contributed by atoms with Crippen LogP contribution in [0.3, 0.4) is 0 Å². The van der Waals surface area contributed by atoms with E-state index < -0.39 is 0 Å². The average Bonchev–Trinajstić information content (AvgIpc) is 3.11. The lowest BCUT2D eigenvalue weighted by molar-refractivity contribution is 0.473. The fourth-order valence-electron chi connectivity index (χ4n) is 2.50. The van der Waals surface area contributed by atoms with E-state index in [2.05, 4.69) is 21.3 Å². The summed E-state index contributed by atoms with van der Waals surface area (Å²) in [5.41, 5.74) is 4.10. The SMILES string of the molecule is CCN(C)/C=N\c1cc(C)c(Oc2nc(Cc3ccc(Cl)cc3)ns2)cc1C. The molecule has 5 nitrogen and oxygen atoms in total. The third-order valence-electron chi connectivity index (χ3n) is 4.31. The molecule has 0 aliphatic rings. The highest BCUT2D eigenvalue weighted by molar-refractivity contribution is 7.07. The molecule has 0 saturated carbocycles. The summed E-state index contributed by atoms with van der Waals surface area (Å²) in [6, 6.07) is 11.7. The molecule has 0 atom stereocenters. The first-order chi connectivity index (χ1) is 13.4. The Bertz CT molecular complexity index is 969. The van der Waals surface area contributed by atoms with Crippen LogP contribution in [-0.2, 0) is 6.42 Å². The Morgan fingerprint density at radius 1 is 1.18 bits per heavy atom. The van der Waals surface area contributed by atoms with E-state index in [-0.39, 0.29) is 0 Å². The van der Waals surface area contributed by atoms with Crippen molar-refractivity contribution in [3.63, 3.8) is 0 Å². The van der Waals surface area contributed by atoms with Gasteiger partial charge in [-0.05, 0) is 61.7 Å². The summed E-state index contributed by atoms with van der Waals surface area (Å²) >= 11 is 7.19. The van der Waals surface area contributed by atoms with Gasteiger partial charge in [-0.15, -0.1) is 0 Å². The number of aliphatic imine (C=N–C) groups is 1. The Morgan fingerprint density at radius 2 is 1.93 bits per heavy atom. The fraction of sp³-hybridized carbons (Fsp3) is 0.286. The Kier molecular flexibility index (Phi) is 6.65. The number of rotatable bonds is 7. The summed E-state index contributed by atoms with van der Waals surface area (Å²) in [7, 11) is 2.00. The van der Waals surface area contributed by atoms with E-state index >= 15 is 0 Å². The van der Waals surface area contributed by atoms with E-state index in [1.807, 2.05) is 68.5 Å². The number of hydrogen-bond acceptors (Lipinski definition) is 5. The third-order valence-corrected chi connectivity index (χ3v) is 5.19. The second-order valence-electron chi connectivity index (χ2n) is 6.60. The third kappa shape index (κ3) is 5.30. The van der Waals surface area contributed by atoms with E-state index in [1.165, 1.54) is 11.5 Å². The van der Waals surface area contributed by atoms with E-state index in [4.69, 9.17) is 16.3 Å². The van der Waals surface area contributed by atoms with Crippen LogP contribution in [0.4, 0.5) is 5.69 Å². The van der Waals surface area contributed by atoms with E-state index in [9.17, 15) is 0 Å². The van der Waals surface area contributed by atoms with Gasteiger partial charge in [-0.3, -0.25) is 0 Å². The van der Waals surface area contributed by atoms with Gasteiger partial charge in [-0.1, -0.05) is 23.7 Å². The molecule has 1 heterocycles. The van der Waals surface area contributed by atoms with Crippen molar-refractivity contribution < 1.29 is 4.74 Å². The standard InChI is InChI=1S/C21H23ClN4OS/c1-5-26(4)13-23-18-10-15(3)19(11-14(18)2)27-21-24-20(25-28-21)12-16-6-8-17(22)9-7-16/h6-11,13H,5,12H2,1-4H3/b23-13-. The highest BCUT2D eigenvalue weighted by Gasteiger charge is 2.11. The summed E-state index contributed by atoms with van der Waals surface area (Å²) in [6.45, 7) is 7.03. The molecule has 7 heteroatoms. The number of nitrogens with zero attached hydrogens (tertiary/aromatic N) is 4. The molecule has 2 aromatic carbocycles. The van der Waals surface area contributed by atoms with Crippen LogP contribution in [0.2, 0.25) is 5.02 Å². The van der Waals surface area contributed by atoms with E-state index in [0.717, 1.165) is 45.5 Å². The Balaban J connectivity index is 1.71. The van der Waals surface area contributed by atoms with E-state index in [1.54, 1.807) is 0 Å². The van der Waals surface area contributed by atoms with Gasteiger partial charge in [0.1, 0.15) is 5.75 Å². The smallest absolute Gasteiger partial charge is 0.298 e. The average molecular weight is 415 g/mol. The number of benzene rings is 2. The minimum atomic E-state index is 0.536. The molecule has 0 aliphatic carbocycles. The van der Waals surface area contributed by atoms with Gasteiger partial charge >= 0.3 is 0 Å². The maximum absolute atomic E-state index is 5.99. The van der Waals surface area contributed by atoms with Gasteiger partial charge in [0.15, 0.2) is 5.82 Å². The van der Waals surface area contributed by atoms with Crippen molar-refractivity contribution in [2.24, 2.45) is 4.99 Å². The summed E-state index contributed by atoms with van der Waals surface area (Å²) in [6.07, 6.45) is 2.49. The quantitative estimate of drug-likeness (QED) is 0.362. The number of aryl methyl sites for hydroxylation is 2. The van der Waals surface area contributed by atoms with Crippen molar-refractivity contribution in [1.29, 1.82) is 0 Å². The van der Waals surface area contributed by atoms with Crippen molar-refractivity contribution >= 4 is 35.2 Å². The molecule has 3 aromatic rings. The Hall–Kier alpha value is -2.44. The summed E-state index contributed by atoms with van der Waals surface area (Å²) in [4.78, 5) is 11.1. The number of aromatic nitrogens is 2. The van der Waals surface area contributed by atoms with Crippen LogP contribution in [0.15, 0.2) is 41.4 Å². The Morgan fingerprint density at radius 3 is 2.64 bits per heavy atom. The maximum atomic E-state index is 5.99. The topological polar surface area (TPSA) is 50.6 Å². The van der Waals surface area contributed by atoms with Crippen molar-refractivity contribution in [1.82, 2.24) is 14.3 Å². The monoisotopic (exact) mass is 414 g/mol. The molecule has 0 radical (unpaired) electrons. The normalized spacial score (nSPS) is 11.2. The predicted octanol–water partition coefficient (Wildman–Crippen LogP) is 5.80. The zero-order chi connectivity index (χ0) is 20.1. The molecule has 0 saturated heterocycles. The maximum Gasteiger partial charge on any atom is 0.298 e. The van der Waals surface area contributed by atoms with Crippen LogP contribution < -0.4 is 4.74 Å². The van der Waals surface area contributed by atoms with Gasteiger partial charge in [0.2, 0.25) is 0 Å². The minimum Gasteiger partial charge on any atom is -0.430 e. The second kappa shape index (κ2) is 9.17. The van der Waals surface area contributed by atoms with Crippen LogP contribution >= 0.6 is 23.1 Å². The molecule has 0 aliphatic heterocycles. The first-order valence-electron chi connectivity index (χ1n) is 9.05. The van der Waals surface area contributed by atoms with Gasteiger partial charge in [-0.25, -0.2) is 4.99 Å². The zero-order valence-corrected chi connectivity index (χ0v) is 18.0. The molecule has 0 amide bonds. The molecule has 0 unspecified atom stereocenters. The van der Waals surface area contributed by atoms with Crippen LogP contribution in [0, 0.1) is 13.8 Å². The molecule has 146 valence electrons. The van der Waals surface area contributed by atoms with Gasteiger partial charge in [-0.2, -0.15) is 9.36 Å². The minimum absolute atomic E-state index is 0.536. The second-order valence-corrected chi connectivity index (χ2v) is 7.75. The number of hydrogen-bond donors (Lipinski definition) is 0. The summed E-state index contributed by atoms with van der Waals surface area (Å²) in [5, 5.41) is 1.26. The van der Waals surface area contributed by atoms with Crippen molar-refractivity contribution in [2.45, 2.75) is 27.2 Å². The molecule has 0 fully saturated rings. The van der Waals surface area contributed by atoms with Crippen molar-refractivity contribution in [3.05, 3.63) is 63.9 Å². The lowest BCUT2D eigenvalue weighted by atomic mass is 10.1. The highest BCUT2D eigenvalue weighted by atomic mass is 35.5. The number of halogens is 1. The largest absolute Gasteiger partial charge is 0.430 e. The van der Waals surface area contributed by atoms with Crippen LogP contribution in [-0.4, -0.2) is 34.2 Å². The molecule has 28 heavy (non-hydrogen) atoms.